The number of hydrogen-bond acceptors (Lipinski definition) is 7. The number of benzene rings is 1. The van der Waals surface area contributed by atoms with Gasteiger partial charge in [0.1, 0.15) is 12.1 Å². The van der Waals surface area contributed by atoms with Crippen molar-refractivity contribution in [2.75, 3.05) is 23.3 Å². The van der Waals surface area contributed by atoms with Crippen LogP contribution in [0.1, 0.15) is 25.6 Å². The molecule has 35 heavy (non-hydrogen) atoms. The Kier molecular flexibility index (Phi) is 5.83. The summed E-state index contributed by atoms with van der Waals surface area (Å²) < 4.78 is 42.1. The Morgan fingerprint density at radius 3 is 2.66 bits per heavy atom. The highest BCUT2D eigenvalue weighted by Gasteiger charge is 2.38. The molecule has 1 aliphatic rings. The lowest BCUT2D eigenvalue weighted by Crippen LogP contribution is -2.38. The number of aromatic nitrogens is 7. The van der Waals surface area contributed by atoms with Crippen LogP contribution in [-0.2, 0) is 17.5 Å². The molecule has 1 saturated heterocycles. The van der Waals surface area contributed by atoms with E-state index in [0.717, 1.165) is 17.9 Å². The summed E-state index contributed by atoms with van der Waals surface area (Å²) in [5.74, 6) is -0.375. The van der Waals surface area contributed by atoms with Gasteiger partial charge in [0.05, 0.1) is 0 Å². The minimum absolute atomic E-state index is 0.0229. The second kappa shape index (κ2) is 8.96. The third-order valence-corrected chi connectivity index (χ3v) is 6.04. The average molecular weight is 485 g/mol. The third-order valence-electron chi connectivity index (χ3n) is 6.04. The molecule has 1 aromatic carbocycles. The molecule has 0 bridgehead atoms. The number of carbonyl (C=O) groups excluding carboxylic acids is 1. The van der Waals surface area contributed by atoms with Gasteiger partial charge in [0.2, 0.25) is 5.91 Å². The molecule has 1 N–H and O–H groups in total. The predicted molar refractivity (Wildman–Crippen MR) is 120 cm³/mol. The molecular weight excluding hydrogens is 463 g/mol. The van der Waals surface area contributed by atoms with Crippen molar-refractivity contribution in [1.29, 1.82) is 0 Å². The van der Waals surface area contributed by atoms with Gasteiger partial charge in [-0.15, -0.1) is 25.5 Å². The predicted octanol–water partition coefficient (Wildman–Crippen LogP) is 3.28. The maximum absolute atomic E-state index is 13.2. The quantitative estimate of drug-likeness (QED) is 0.462. The monoisotopic (exact) mass is 485 g/mol. The number of carbonyl (C=O) groups is 1. The van der Waals surface area contributed by atoms with Crippen LogP contribution >= 0.6 is 0 Å². The Hall–Kier alpha value is -4.03. The number of rotatable bonds is 5. The molecule has 0 aliphatic carbocycles. The first-order chi connectivity index (χ1) is 16.8. The molecule has 4 aromatic rings. The molecule has 1 aliphatic heterocycles. The average Bonchev–Trinajstić information content (AvgIpc) is 3.51. The van der Waals surface area contributed by atoms with Crippen LogP contribution in [0.15, 0.2) is 42.7 Å². The zero-order valence-electron chi connectivity index (χ0n) is 18.8. The molecule has 5 rings (SSSR count). The van der Waals surface area contributed by atoms with Crippen LogP contribution < -0.4 is 10.2 Å². The van der Waals surface area contributed by atoms with Crippen molar-refractivity contribution in [3.63, 3.8) is 0 Å². The lowest BCUT2D eigenvalue weighted by Gasteiger charge is -2.32. The van der Waals surface area contributed by atoms with Crippen LogP contribution in [0.3, 0.4) is 0 Å². The summed E-state index contributed by atoms with van der Waals surface area (Å²) in [4.78, 5) is 14.8. The van der Waals surface area contributed by atoms with Crippen LogP contribution in [0, 0.1) is 5.92 Å². The minimum atomic E-state index is -4.65. The number of piperidine rings is 1. The van der Waals surface area contributed by atoms with E-state index in [1.54, 1.807) is 12.4 Å². The van der Waals surface area contributed by atoms with Crippen LogP contribution in [0.25, 0.3) is 17.0 Å². The SMILES string of the molecule is CCn1cnnc1-c1cccc(NC(=O)C2CCN(c3ccc4nnc(C(F)(F)F)n4n3)CC2)c1. The first-order valence-electron chi connectivity index (χ1n) is 11.2. The van der Waals surface area contributed by atoms with E-state index in [1.807, 2.05) is 40.7 Å². The standard InChI is InChI=1S/C22H22F3N9O/c1-2-32-13-26-29-19(32)15-4-3-5-16(12-15)27-20(35)14-8-10-33(11-9-14)18-7-6-17-28-30-21(22(23,24)25)34(17)31-18/h3-7,12-14H,2,8-11H2,1H3,(H,27,35). The Balaban J connectivity index is 1.24. The van der Waals surface area contributed by atoms with Gasteiger partial charge in [-0.05, 0) is 44.0 Å². The van der Waals surface area contributed by atoms with E-state index >= 15 is 0 Å². The van der Waals surface area contributed by atoms with Gasteiger partial charge in [-0.25, -0.2) is 0 Å². The second-order valence-electron chi connectivity index (χ2n) is 8.25. The number of nitrogens with one attached hydrogen (secondary N) is 1. The molecule has 4 heterocycles. The summed E-state index contributed by atoms with van der Waals surface area (Å²) in [6.45, 7) is 3.70. The molecule has 0 radical (unpaired) electrons. The van der Waals surface area contributed by atoms with Crippen LogP contribution in [0.2, 0.25) is 0 Å². The van der Waals surface area contributed by atoms with Crippen molar-refractivity contribution in [3.8, 4) is 11.4 Å². The summed E-state index contributed by atoms with van der Waals surface area (Å²) in [7, 11) is 0. The summed E-state index contributed by atoms with van der Waals surface area (Å²) in [6, 6.07) is 10.5. The Labute approximate surface area is 197 Å². The van der Waals surface area contributed by atoms with Gasteiger partial charge in [0.25, 0.3) is 5.82 Å². The van der Waals surface area contributed by atoms with E-state index in [-0.39, 0.29) is 17.5 Å². The minimum Gasteiger partial charge on any atom is -0.355 e. The van der Waals surface area contributed by atoms with Gasteiger partial charge >= 0.3 is 6.18 Å². The van der Waals surface area contributed by atoms with Crippen molar-refractivity contribution < 1.29 is 18.0 Å². The van der Waals surface area contributed by atoms with E-state index in [0.29, 0.717) is 42.0 Å². The number of aryl methyl sites for hydroxylation is 1. The molecule has 1 fully saturated rings. The van der Waals surface area contributed by atoms with Gasteiger partial charge < -0.3 is 14.8 Å². The summed E-state index contributed by atoms with van der Waals surface area (Å²) >= 11 is 0. The first kappa shape index (κ1) is 22.7. The van der Waals surface area contributed by atoms with Gasteiger partial charge in [0.15, 0.2) is 11.5 Å². The number of alkyl halides is 3. The molecule has 0 unspecified atom stereocenters. The maximum atomic E-state index is 13.2. The number of fused-ring (bicyclic) bond motifs is 1. The number of amides is 1. The second-order valence-corrected chi connectivity index (χ2v) is 8.25. The Bertz CT molecular complexity index is 1360. The van der Waals surface area contributed by atoms with Gasteiger partial charge in [-0.2, -0.15) is 17.7 Å². The van der Waals surface area contributed by atoms with Crippen molar-refractivity contribution in [3.05, 3.63) is 48.5 Å². The van der Waals surface area contributed by atoms with Crippen molar-refractivity contribution in [1.82, 2.24) is 34.6 Å². The van der Waals surface area contributed by atoms with Crippen molar-refractivity contribution >= 4 is 23.1 Å². The molecule has 10 nitrogen and oxygen atoms in total. The Morgan fingerprint density at radius 2 is 1.91 bits per heavy atom. The smallest absolute Gasteiger partial charge is 0.355 e. The highest BCUT2D eigenvalue weighted by Crippen LogP contribution is 2.29. The lowest BCUT2D eigenvalue weighted by atomic mass is 9.95. The van der Waals surface area contributed by atoms with Gasteiger partial charge in [0, 0.05) is 36.8 Å². The topological polar surface area (TPSA) is 106 Å². The number of nitrogens with zero attached hydrogens (tertiary/aromatic N) is 8. The number of anilines is 2. The zero-order valence-corrected chi connectivity index (χ0v) is 18.8. The summed E-state index contributed by atoms with van der Waals surface area (Å²) in [5.41, 5.74) is 1.54. The van der Waals surface area contributed by atoms with E-state index in [9.17, 15) is 18.0 Å². The van der Waals surface area contributed by atoms with E-state index in [4.69, 9.17) is 0 Å². The van der Waals surface area contributed by atoms with Crippen molar-refractivity contribution in [2.24, 2.45) is 5.92 Å². The maximum Gasteiger partial charge on any atom is 0.453 e. The van der Waals surface area contributed by atoms with Crippen LogP contribution in [0.4, 0.5) is 24.7 Å². The molecular formula is C22H22F3N9O. The van der Waals surface area contributed by atoms with E-state index in [2.05, 4.69) is 30.8 Å². The molecule has 0 spiro atoms. The fourth-order valence-corrected chi connectivity index (χ4v) is 4.19. The first-order valence-corrected chi connectivity index (χ1v) is 11.2. The van der Waals surface area contributed by atoms with Crippen molar-refractivity contribution in [2.45, 2.75) is 32.5 Å². The number of halogens is 3. The summed E-state index contributed by atoms with van der Waals surface area (Å²) in [5, 5.41) is 21.9. The third kappa shape index (κ3) is 4.53. The molecule has 0 saturated carbocycles. The summed E-state index contributed by atoms with van der Waals surface area (Å²) in [6.07, 6.45) is -1.90. The molecule has 13 heteroatoms. The normalized spacial score (nSPS) is 15.0. The fraction of sp³-hybridized carbons (Fsp3) is 0.364. The fourth-order valence-electron chi connectivity index (χ4n) is 4.19. The van der Waals surface area contributed by atoms with E-state index < -0.39 is 12.0 Å². The molecule has 0 atom stereocenters. The van der Waals surface area contributed by atoms with Crippen LogP contribution in [0.5, 0.6) is 0 Å². The van der Waals surface area contributed by atoms with Gasteiger partial charge in [-0.3, -0.25) is 4.79 Å². The van der Waals surface area contributed by atoms with Crippen LogP contribution in [-0.4, -0.2) is 53.6 Å². The molecule has 3 aromatic heterocycles. The zero-order chi connectivity index (χ0) is 24.6. The van der Waals surface area contributed by atoms with Gasteiger partial charge in [-0.1, -0.05) is 12.1 Å². The Morgan fingerprint density at radius 1 is 1.11 bits per heavy atom. The highest BCUT2D eigenvalue weighted by atomic mass is 19.4. The largest absolute Gasteiger partial charge is 0.453 e. The number of hydrogen-bond donors (Lipinski definition) is 1. The molecule has 182 valence electrons. The molecule has 1 amide bonds. The van der Waals surface area contributed by atoms with E-state index in [1.165, 1.54) is 6.07 Å². The lowest BCUT2D eigenvalue weighted by molar-refractivity contribution is -0.146. The highest BCUT2D eigenvalue weighted by molar-refractivity contribution is 5.93.